The van der Waals surface area contributed by atoms with Crippen molar-refractivity contribution in [2.75, 3.05) is 19.0 Å². The molecule has 7 heteroatoms. The summed E-state index contributed by atoms with van der Waals surface area (Å²) in [6.07, 6.45) is 1.97. The molecule has 1 aromatic rings. The van der Waals surface area contributed by atoms with Crippen LogP contribution in [-0.4, -0.2) is 35.6 Å². The van der Waals surface area contributed by atoms with Crippen molar-refractivity contribution >= 4 is 27.8 Å². The molecule has 1 aromatic heterocycles. The third-order valence-corrected chi connectivity index (χ3v) is 2.53. The van der Waals surface area contributed by atoms with E-state index in [0.717, 1.165) is 0 Å². The third-order valence-electron chi connectivity index (χ3n) is 1.99. The number of carbonyl (C=O) groups excluding carboxylic acids is 1. The highest BCUT2D eigenvalue weighted by Crippen LogP contribution is 2.21. The Bertz CT molecular complexity index is 412. The second-order valence-electron chi connectivity index (χ2n) is 3.95. The maximum Gasteiger partial charge on any atom is 0.232 e. The standard InChI is InChI=1S/C11H17BrN4O2/c1-7(2)15-9(17)4-5-13-11-14-6-8(12)10(16-11)18-3/h6-7H,4-5H2,1-3H3,(H,15,17)(H,13,14,16). The molecule has 0 radical (unpaired) electrons. The summed E-state index contributed by atoms with van der Waals surface area (Å²) >= 11 is 3.27. The van der Waals surface area contributed by atoms with Crippen molar-refractivity contribution < 1.29 is 9.53 Å². The molecule has 6 nitrogen and oxygen atoms in total. The first-order valence-corrected chi connectivity index (χ1v) is 6.42. The van der Waals surface area contributed by atoms with E-state index in [9.17, 15) is 4.79 Å². The molecule has 0 atom stereocenters. The van der Waals surface area contributed by atoms with Gasteiger partial charge in [0.15, 0.2) is 0 Å². The summed E-state index contributed by atoms with van der Waals surface area (Å²) in [5.41, 5.74) is 0. The molecule has 2 N–H and O–H groups in total. The zero-order valence-electron chi connectivity index (χ0n) is 10.7. The summed E-state index contributed by atoms with van der Waals surface area (Å²) in [4.78, 5) is 19.6. The molecule has 0 saturated carbocycles. The van der Waals surface area contributed by atoms with Crippen molar-refractivity contribution in [1.82, 2.24) is 15.3 Å². The molecule has 0 fully saturated rings. The van der Waals surface area contributed by atoms with Crippen molar-refractivity contribution in [3.05, 3.63) is 10.7 Å². The fourth-order valence-corrected chi connectivity index (χ4v) is 1.61. The van der Waals surface area contributed by atoms with Crippen molar-refractivity contribution in [2.45, 2.75) is 26.3 Å². The summed E-state index contributed by atoms with van der Waals surface area (Å²) in [7, 11) is 1.53. The van der Waals surface area contributed by atoms with E-state index in [2.05, 4.69) is 36.5 Å². The van der Waals surface area contributed by atoms with E-state index in [1.807, 2.05) is 13.8 Å². The van der Waals surface area contributed by atoms with Gasteiger partial charge in [-0.25, -0.2) is 4.98 Å². The Morgan fingerprint density at radius 2 is 2.28 bits per heavy atom. The van der Waals surface area contributed by atoms with Crippen LogP contribution in [0.15, 0.2) is 10.7 Å². The third kappa shape index (κ3) is 4.87. The van der Waals surface area contributed by atoms with Gasteiger partial charge in [-0.15, -0.1) is 0 Å². The largest absolute Gasteiger partial charge is 0.480 e. The normalized spacial score (nSPS) is 10.3. The first-order chi connectivity index (χ1) is 8.52. The highest BCUT2D eigenvalue weighted by atomic mass is 79.9. The number of halogens is 1. The topological polar surface area (TPSA) is 76.1 Å². The molecule has 0 saturated heterocycles. The highest BCUT2D eigenvalue weighted by Gasteiger charge is 2.06. The summed E-state index contributed by atoms with van der Waals surface area (Å²) in [5.74, 6) is 0.896. The van der Waals surface area contributed by atoms with Gasteiger partial charge in [-0.3, -0.25) is 4.79 Å². The van der Waals surface area contributed by atoms with E-state index >= 15 is 0 Å². The molecule has 100 valence electrons. The smallest absolute Gasteiger partial charge is 0.232 e. The lowest BCUT2D eigenvalue weighted by molar-refractivity contribution is -0.121. The molecule has 0 aliphatic heterocycles. The first-order valence-electron chi connectivity index (χ1n) is 5.62. The average Bonchev–Trinajstić information content (AvgIpc) is 2.30. The minimum atomic E-state index is 0.00146. The van der Waals surface area contributed by atoms with Crippen molar-refractivity contribution in [2.24, 2.45) is 0 Å². The van der Waals surface area contributed by atoms with Crippen molar-refractivity contribution in [3.8, 4) is 5.88 Å². The van der Waals surface area contributed by atoms with Crippen LogP contribution in [0.25, 0.3) is 0 Å². The molecule has 1 amide bonds. The molecule has 18 heavy (non-hydrogen) atoms. The SMILES string of the molecule is COc1nc(NCCC(=O)NC(C)C)ncc1Br. The number of nitrogens with one attached hydrogen (secondary N) is 2. The number of aromatic nitrogens is 2. The van der Waals surface area contributed by atoms with Crippen LogP contribution in [0.5, 0.6) is 5.88 Å². The Balaban J connectivity index is 2.42. The Hall–Kier alpha value is -1.37. The fourth-order valence-electron chi connectivity index (χ4n) is 1.26. The number of rotatable bonds is 6. The lowest BCUT2D eigenvalue weighted by Crippen LogP contribution is -2.31. The maximum atomic E-state index is 11.4. The minimum Gasteiger partial charge on any atom is -0.480 e. The van der Waals surface area contributed by atoms with Gasteiger partial charge in [-0.1, -0.05) is 0 Å². The summed E-state index contributed by atoms with van der Waals surface area (Å²) in [6.45, 7) is 4.32. The number of hydrogen-bond donors (Lipinski definition) is 2. The lowest BCUT2D eigenvalue weighted by atomic mass is 10.3. The van der Waals surface area contributed by atoms with E-state index in [4.69, 9.17) is 4.74 Å². The van der Waals surface area contributed by atoms with E-state index in [1.54, 1.807) is 6.20 Å². The van der Waals surface area contributed by atoms with Gasteiger partial charge < -0.3 is 15.4 Å². The van der Waals surface area contributed by atoms with E-state index in [-0.39, 0.29) is 11.9 Å². The predicted molar refractivity (Wildman–Crippen MR) is 72.7 cm³/mol. The van der Waals surface area contributed by atoms with E-state index in [1.165, 1.54) is 7.11 Å². The average molecular weight is 317 g/mol. The molecule has 1 heterocycles. The van der Waals surface area contributed by atoms with Gasteiger partial charge in [0.1, 0.15) is 0 Å². The number of methoxy groups -OCH3 is 1. The number of carbonyl (C=O) groups is 1. The van der Waals surface area contributed by atoms with Crippen LogP contribution in [0.2, 0.25) is 0 Å². The molecule has 0 aliphatic carbocycles. The molecule has 0 aromatic carbocycles. The second kappa shape index (κ2) is 7.15. The number of nitrogens with zero attached hydrogens (tertiary/aromatic N) is 2. The van der Waals surface area contributed by atoms with Crippen LogP contribution in [0.4, 0.5) is 5.95 Å². The molecule has 0 spiro atoms. The number of amides is 1. The summed E-state index contributed by atoms with van der Waals surface area (Å²) in [6, 6.07) is 0.154. The monoisotopic (exact) mass is 316 g/mol. The van der Waals surface area contributed by atoms with E-state index < -0.39 is 0 Å². The van der Waals surface area contributed by atoms with Crippen LogP contribution < -0.4 is 15.4 Å². The Kier molecular flexibility index (Phi) is 5.84. The molecule has 0 aliphatic rings. The number of ether oxygens (including phenoxy) is 1. The molecular formula is C11H17BrN4O2. The van der Waals surface area contributed by atoms with Gasteiger partial charge in [0, 0.05) is 19.0 Å². The number of anilines is 1. The quantitative estimate of drug-likeness (QED) is 0.833. The van der Waals surface area contributed by atoms with Gasteiger partial charge in [-0.05, 0) is 29.8 Å². The van der Waals surface area contributed by atoms with Crippen LogP contribution in [0.3, 0.4) is 0 Å². The maximum absolute atomic E-state index is 11.4. The van der Waals surface area contributed by atoms with Gasteiger partial charge >= 0.3 is 0 Å². The Morgan fingerprint density at radius 3 is 2.89 bits per heavy atom. The molecule has 0 bridgehead atoms. The van der Waals surface area contributed by atoms with Crippen LogP contribution in [0.1, 0.15) is 20.3 Å². The van der Waals surface area contributed by atoms with Crippen LogP contribution in [-0.2, 0) is 4.79 Å². The first kappa shape index (κ1) is 14.7. The highest BCUT2D eigenvalue weighted by molar-refractivity contribution is 9.10. The minimum absolute atomic E-state index is 0.00146. The zero-order valence-corrected chi connectivity index (χ0v) is 12.2. The lowest BCUT2D eigenvalue weighted by Gasteiger charge is -2.09. The zero-order chi connectivity index (χ0) is 13.5. The molecular weight excluding hydrogens is 300 g/mol. The van der Waals surface area contributed by atoms with Gasteiger partial charge in [0.2, 0.25) is 17.7 Å². The number of hydrogen-bond acceptors (Lipinski definition) is 5. The Labute approximate surface area is 115 Å². The van der Waals surface area contributed by atoms with Gasteiger partial charge in [0.25, 0.3) is 0 Å². The van der Waals surface area contributed by atoms with Crippen LogP contribution >= 0.6 is 15.9 Å². The van der Waals surface area contributed by atoms with E-state index in [0.29, 0.717) is 29.3 Å². The van der Waals surface area contributed by atoms with Crippen molar-refractivity contribution in [3.63, 3.8) is 0 Å². The molecule has 1 rings (SSSR count). The van der Waals surface area contributed by atoms with Gasteiger partial charge in [0.05, 0.1) is 17.8 Å². The molecule has 0 unspecified atom stereocenters. The fraction of sp³-hybridized carbons (Fsp3) is 0.545. The second-order valence-corrected chi connectivity index (χ2v) is 4.80. The van der Waals surface area contributed by atoms with Gasteiger partial charge in [-0.2, -0.15) is 4.98 Å². The van der Waals surface area contributed by atoms with Crippen molar-refractivity contribution in [1.29, 1.82) is 0 Å². The van der Waals surface area contributed by atoms with Crippen LogP contribution in [0, 0.1) is 0 Å². The Morgan fingerprint density at radius 1 is 1.56 bits per heavy atom. The summed E-state index contributed by atoms with van der Waals surface area (Å²) in [5, 5.41) is 5.78. The summed E-state index contributed by atoms with van der Waals surface area (Å²) < 4.78 is 5.74. The predicted octanol–water partition coefficient (Wildman–Crippen LogP) is 1.57.